The molecule has 0 bridgehead atoms. The Kier molecular flexibility index (Phi) is 4.08. The zero-order valence-corrected chi connectivity index (χ0v) is 14.4. The maximum absolute atomic E-state index is 11.8. The lowest BCUT2D eigenvalue weighted by atomic mass is 9.83. The van der Waals surface area contributed by atoms with Crippen molar-refractivity contribution in [2.75, 3.05) is 7.11 Å². The van der Waals surface area contributed by atoms with Crippen LogP contribution in [0.15, 0.2) is 78.9 Å². The Balaban J connectivity index is 2.00. The molecular weight excluding hydrogens is 320 g/mol. The monoisotopic (exact) mass is 338 g/mol. The van der Waals surface area contributed by atoms with Gasteiger partial charge in [0.1, 0.15) is 5.76 Å². The summed E-state index contributed by atoms with van der Waals surface area (Å²) in [5.41, 5.74) is 2.64. The van der Waals surface area contributed by atoms with Crippen LogP contribution in [0.3, 0.4) is 0 Å². The van der Waals surface area contributed by atoms with E-state index in [0.29, 0.717) is 5.76 Å². The third-order valence-corrected chi connectivity index (χ3v) is 4.60. The minimum Gasteiger partial charge on any atom is -0.496 e. The average molecular weight is 338 g/mol. The summed E-state index contributed by atoms with van der Waals surface area (Å²) in [5, 5.41) is 11.8. The highest BCUT2D eigenvalue weighted by Gasteiger charge is 2.36. The molecule has 1 unspecified atom stereocenters. The summed E-state index contributed by atoms with van der Waals surface area (Å²) < 4.78 is 5.61. The molecule has 0 aliphatic heterocycles. The van der Waals surface area contributed by atoms with Crippen LogP contribution in [0.5, 0.6) is 0 Å². The van der Waals surface area contributed by atoms with Crippen LogP contribution < -0.4 is 0 Å². The van der Waals surface area contributed by atoms with E-state index in [1.54, 1.807) is 7.11 Å². The van der Waals surface area contributed by atoms with Gasteiger partial charge in [-0.25, -0.2) is 0 Å². The molecule has 0 fully saturated rings. The van der Waals surface area contributed by atoms with Crippen LogP contribution in [-0.4, -0.2) is 12.2 Å². The quantitative estimate of drug-likeness (QED) is 0.665. The summed E-state index contributed by atoms with van der Waals surface area (Å²) in [4.78, 5) is 0. The van der Waals surface area contributed by atoms with Crippen LogP contribution in [0.4, 0.5) is 0 Å². The maximum atomic E-state index is 11.8. The lowest BCUT2D eigenvalue weighted by Crippen LogP contribution is -2.27. The van der Waals surface area contributed by atoms with Crippen LogP contribution in [-0.2, 0) is 10.3 Å². The molecular formula is C24H18O2. The van der Waals surface area contributed by atoms with Crippen molar-refractivity contribution in [2.45, 2.75) is 5.60 Å². The molecule has 1 aliphatic rings. The molecule has 4 rings (SSSR count). The Bertz CT molecular complexity index is 1040. The van der Waals surface area contributed by atoms with E-state index in [-0.39, 0.29) is 0 Å². The van der Waals surface area contributed by atoms with Crippen molar-refractivity contribution in [3.8, 4) is 11.8 Å². The van der Waals surface area contributed by atoms with Crippen molar-refractivity contribution >= 4 is 11.8 Å². The molecule has 2 nitrogen and oxygen atoms in total. The van der Waals surface area contributed by atoms with Gasteiger partial charge in [0.15, 0.2) is 5.60 Å². The SMILES string of the molecule is COC1=Cc2ccccc2C(O)(C#Cc2ccccc2)c2ccccc21. The van der Waals surface area contributed by atoms with Gasteiger partial charge in [-0.2, -0.15) is 0 Å². The van der Waals surface area contributed by atoms with Crippen LogP contribution in [0, 0.1) is 11.8 Å². The second-order valence-corrected chi connectivity index (χ2v) is 6.17. The van der Waals surface area contributed by atoms with Crippen molar-refractivity contribution in [1.82, 2.24) is 0 Å². The molecule has 0 amide bonds. The topological polar surface area (TPSA) is 29.5 Å². The first-order chi connectivity index (χ1) is 12.7. The smallest absolute Gasteiger partial charge is 0.178 e. The third-order valence-electron chi connectivity index (χ3n) is 4.60. The standard InChI is InChI=1S/C24H18O2/c1-26-23-17-19-11-5-7-13-21(19)24(25,22-14-8-6-12-20(22)23)16-15-18-9-3-2-4-10-18/h2-14,17,25H,1H3. The predicted octanol–water partition coefficient (Wildman–Crippen LogP) is 4.43. The number of hydrogen-bond donors (Lipinski definition) is 1. The summed E-state index contributed by atoms with van der Waals surface area (Å²) in [6.45, 7) is 0. The highest BCUT2D eigenvalue weighted by molar-refractivity contribution is 5.84. The van der Waals surface area contributed by atoms with E-state index >= 15 is 0 Å². The molecule has 126 valence electrons. The Morgan fingerprint density at radius 2 is 1.46 bits per heavy atom. The van der Waals surface area contributed by atoms with Gasteiger partial charge in [0.05, 0.1) is 7.11 Å². The zero-order valence-electron chi connectivity index (χ0n) is 14.4. The molecule has 3 aromatic rings. The Morgan fingerprint density at radius 1 is 0.808 bits per heavy atom. The van der Waals surface area contributed by atoms with E-state index in [4.69, 9.17) is 4.74 Å². The van der Waals surface area contributed by atoms with E-state index in [1.807, 2.05) is 84.9 Å². The van der Waals surface area contributed by atoms with Crippen LogP contribution in [0.2, 0.25) is 0 Å². The van der Waals surface area contributed by atoms with Gasteiger partial charge in [-0.15, -0.1) is 0 Å². The van der Waals surface area contributed by atoms with E-state index < -0.39 is 5.60 Å². The Morgan fingerprint density at radius 3 is 2.23 bits per heavy atom. The Labute approximate surface area is 153 Å². The lowest BCUT2D eigenvalue weighted by Gasteiger charge is -2.25. The molecule has 3 aromatic carbocycles. The molecule has 0 aromatic heterocycles. The molecule has 1 aliphatic carbocycles. The predicted molar refractivity (Wildman–Crippen MR) is 104 cm³/mol. The minimum atomic E-state index is -1.43. The van der Waals surface area contributed by atoms with Gasteiger partial charge < -0.3 is 9.84 Å². The van der Waals surface area contributed by atoms with E-state index in [9.17, 15) is 5.11 Å². The van der Waals surface area contributed by atoms with Gasteiger partial charge in [-0.1, -0.05) is 78.6 Å². The third kappa shape index (κ3) is 2.69. The molecule has 0 saturated carbocycles. The van der Waals surface area contributed by atoms with Gasteiger partial charge in [0.25, 0.3) is 0 Å². The number of aliphatic hydroxyl groups is 1. The molecule has 0 heterocycles. The first kappa shape index (κ1) is 16.2. The summed E-state index contributed by atoms with van der Waals surface area (Å²) in [6, 6.07) is 25.2. The second-order valence-electron chi connectivity index (χ2n) is 6.17. The van der Waals surface area contributed by atoms with E-state index in [0.717, 1.165) is 27.8 Å². The van der Waals surface area contributed by atoms with Gasteiger partial charge >= 0.3 is 0 Å². The highest BCUT2D eigenvalue weighted by Crippen LogP contribution is 2.40. The number of fused-ring (bicyclic) bond motifs is 2. The molecule has 0 radical (unpaired) electrons. The number of hydrogen-bond acceptors (Lipinski definition) is 2. The number of benzene rings is 3. The summed E-state index contributed by atoms with van der Waals surface area (Å²) >= 11 is 0. The average Bonchev–Trinajstić information content (AvgIpc) is 2.81. The van der Waals surface area contributed by atoms with Crippen LogP contribution in [0.25, 0.3) is 11.8 Å². The van der Waals surface area contributed by atoms with Crippen molar-refractivity contribution < 1.29 is 9.84 Å². The van der Waals surface area contributed by atoms with Gasteiger partial charge in [0, 0.05) is 22.3 Å². The van der Waals surface area contributed by atoms with Crippen LogP contribution >= 0.6 is 0 Å². The first-order valence-electron chi connectivity index (χ1n) is 8.48. The maximum Gasteiger partial charge on any atom is 0.178 e. The number of rotatable bonds is 1. The molecule has 2 heteroatoms. The fraction of sp³-hybridized carbons (Fsp3) is 0.0833. The fourth-order valence-electron chi connectivity index (χ4n) is 3.32. The van der Waals surface area contributed by atoms with Gasteiger partial charge in [-0.3, -0.25) is 0 Å². The summed E-state index contributed by atoms with van der Waals surface area (Å²) in [5.74, 6) is 6.97. The van der Waals surface area contributed by atoms with Gasteiger partial charge in [0.2, 0.25) is 0 Å². The van der Waals surface area contributed by atoms with Gasteiger partial charge in [-0.05, 0) is 23.8 Å². The highest BCUT2D eigenvalue weighted by atomic mass is 16.5. The first-order valence-corrected chi connectivity index (χ1v) is 8.48. The van der Waals surface area contributed by atoms with Crippen molar-refractivity contribution in [2.24, 2.45) is 0 Å². The zero-order chi connectivity index (χ0) is 18.0. The molecule has 1 N–H and O–H groups in total. The van der Waals surface area contributed by atoms with Crippen LogP contribution in [0.1, 0.15) is 27.8 Å². The molecule has 1 atom stereocenters. The second kappa shape index (κ2) is 6.55. The van der Waals surface area contributed by atoms with E-state index in [2.05, 4.69) is 11.8 Å². The molecule has 26 heavy (non-hydrogen) atoms. The van der Waals surface area contributed by atoms with Crippen molar-refractivity contribution in [3.63, 3.8) is 0 Å². The molecule has 0 saturated heterocycles. The minimum absolute atomic E-state index is 0.713. The lowest BCUT2D eigenvalue weighted by molar-refractivity contribution is 0.144. The number of ether oxygens (including phenoxy) is 1. The number of methoxy groups -OCH3 is 1. The molecule has 0 spiro atoms. The normalized spacial score (nSPS) is 17.7. The summed E-state index contributed by atoms with van der Waals surface area (Å²) in [7, 11) is 1.64. The fourth-order valence-corrected chi connectivity index (χ4v) is 3.32. The van der Waals surface area contributed by atoms with Crippen molar-refractivity contribution in [3.05, 3.63) is 107 Å². The van der Waals surface area contributed by atoms with E-state index in [1.165, 1.54) is 0 Å². The largest absolute Gasteiger partial charge is 0.496 e. The Hall–Kier alpha value is -3.28. The summed E-state index contributed by atoms with van der Waals surface area (Å²) in [6.07, 6.45) is 1.95. The van der Waals surface area contributed by atoms with Crippen molar-refractivity contribution in [1.29, 1.82) is 0 Å².